The van der Waals surface area contributed by atoms with E-state index in [0.717, 1.165) is 5.56 Å². The fourth-order valence-electron chi connectivity index (χ4n) is 1.68. The molecular formula is C15H21NO5. The van der Waals surface area contributed by atoms with E-state index in [9.17, 15) is 9.59 Å². The van der Waals surface area contributed by atoms with Crippen molar-refractivity contribution in [3.05, 3.63) is 23.8 Å². The Bertz CT molecular complexity index is 487. The van der Waals surface area contributed by atoms with E-state index in [-0.39, 0.29) is 24.9 Å². The van der Waals surface area contributed by atoms with Crippen LogP contribution in [0.3, 0.4) is 0 Å². The minimum absolute atomic E-state index is 0.237. The van der Waals surface area contributed by atoms with Crippen molar-refractivity contribution in [2.24, 2.45) is 0 Å². The zero-order chi connectivity index (χ0) is 15.7. The molecule has 0 fully saturated rings. The Morgan fingerprint density at radius 3 is 2.48 bits per heavy atom. The third kappa shape index (κ3) is 5.72. The van der Waals surface area contributed by atoms with Gasteiger partial charge in [-0.05, 0) is 24.1 Å². The molecule has 1 amide bonds. The number of hydrogen-bond acceptors (Lipinski definition) is 5. The Labute approximate surface area is 124 Å². The van der Waals surface area contributed by atoms with Gasteiger partial charge in [0, 0.05) is 13.0 Å². The Kier molecular flexibility index (Phi) is 7.08. The number of hydrogen-bond donors (Lipinski definition) is 1. The lowest BCUT2D eigenvalue weighted by Gasteiger charge is -2.10. The van der Waals surface area contributed by atoms with E-state index < -0.39 is 0 Å². The van der Waals surface area contributed by atoms with E-state index in [1.165, 1.54) is 0 Å². The fourth-order valence-corrected chi connectivity index (χ4v) is 1.68. The minimum atomic E-state index is -0.384. The minimum Gasteiger partial charge on any atom is -0.493 e. The molecule has 1 aromatic rings. The van der Waals surface area contributed by atoms with E-state index in [4.69, 9.17) is 14.2 Å². The van der Waals surface area contributed by atoms with Gasteiger partial charge in [-0.15, -0.1) is 0 Å². The second kappa shape index (κ2) is 8.84. The van der Waals surface area contributed by atoms with Crippen molar-refractivity contribution in [2.75, 3.05) is 27.4 Å². The van der Waals surface area contributed by atoms with Crippen molar-refractivity contribution in [2.45, 2.75) is 19.8 Å². The van der Waals surface area contributed by atoms with Crippen LogP contribution >= 0.6 is 0 Å². The second-order valence-electron chi connectivity index (χ2n) is 4.30. The van der Waals surface area contributed by atoms with Crippen LogP contribution in [0.15, 0.2) is 18.2 Å². The molecule has 0 aliphatic heterocycles. The van der Waals surface area contributed by atoms with E-state index in [1.807, 2.05) is 18.2 Å². The van der Waals surface area contributed by atoms with Gasteiger partial charge in [-0.3, -0.25) is 9.59 Å². The summed E-state index contributed by atoms with van der Waals surface area (Å²) in [6.07, 6.45) is 0.909. The maximum Gasteiger partial charge on any atom is 0.306 e. The van der Waals surface area contributed by atoms with Gasteiger partial charge in [0.2, 0.25) is 0 Å². The maximum atomic E-state index is 11.4. The van der Waals surface area contributed by atoms with Crippen molar-refractivity contribution in [3.8, 4) is 11.5 Å². The first-order valence-corrected chi connectivity index (χ1v) is 6.74. The van der Waals surface area contributed by atoms with Crippen molar-refractivity contribution in [1.82, 2.24) is 5.32 Å². The third-order valence-corrected chi connectivity index (χ3v) is 2.84. The van der Waals surface area contributed by atoms with Gasteiger partial charge in [-0.2, -0.15) is 0 Å². The van der Waals surface area contributed by atoms with Crippen LogP contribution < -0.4 is 14.8 Å². The van der Waals surface area contributed by atoms with Gasteiger partial charge in [0.05, 0.1) is 14.2 Å². The average molecular weight is 295 g/mol. The highest BCUT2D eigenvalue weighted by Crippen LogP contribution is 2.27. The van der Waals surface area contributed by atoms with Gasteiger partial charge in [0.15, 0.2) is 18.1 Å². The number of rotatable bonds is 8. The molecule has 6 heteroatoms. The smallest absolute Gasteiger partial charge is 0.306 e. The zero-order valence-corrected chi connectivity index (χ0v) is 12.6. The molecule has 0 spiro atoms. The van der Waals surface area contributed by atoms with Crippen LogP contribution in [0.5, 0.6) is 11.5 Å². The molecule has 0 atom stereocenters. The predicted molar refractivity (Wildman–Crippen MR) is 77.5 cm³/mol. The number of carbonyl (C=O) groups is 2. The summed E-state index contributed by atoms with van der Waals surface area (Å²) >= 11 is 0. The van der Waals surface area contributed by atoms with Crippen LogP contribution in [-0.2, 0) is 20.7 Å². The van der Waals surface area contributed by atoms with E-state index in [1.54, 1.807) is 21.1 Å². The van der Waals surface area contributed by atoms with Crippen LogP contribution in [0.4, 0.5) is 0 Å². The van der Waals surface area contributed by atoms with Gasteiger partial charge in [0.25, 0.3) is 5.91 Å². The summed E-state index contributed by atoms with van der Waals surface area (Å²) in [5.74, 6) is 0.622. The molecular weight excluding hydrogens is 274 g/mol. The Balaban J connectivity index is 2.38. The molecule has 6 nitrogen and oxygen atoms in total. The molecule has 1 rings (SSSR count). The number of esters is 1. The topological polar surface area (TPSA) is 73.9 Å². The lowest BCUT2D eigenvalue weighted by molar-refractivity contribution is -0.148. The fraction of sp³-hybridized carbons (Fsp3) is 0.467. The molecule has 0 heterocycles. The molecule has 0 radical (unpaired) electrons. The Morgan fingerprint density at radius 1 is 1.14 bits per heavy atom. The van der Waals surface area contributed by atoms with Gasteiger partial charge in [-0.25, -0.2) is 0 Å². The summed E-state index contributed by atoms with van der Waals surface area (Å²) in [6.45, 7) is 1.90. The van der Waals surface area contributed by atoms with Crippen molar-refractivity contribution in [1.29, 1.82) is 0 Å². The number of ether oxygens (including phenoxy) is 3. The summed E-state index contributed by atoms with van der Waals surface area (Å²) in [5.41, 5.74) is 1.01. The second-order valence-corrected chi connectivity index (χ2v) is 4.30. The van der Waals surface area contributed by atoms with Crippen LogP contribution in [0, 0.1) is 0 Å². The van der Waals surface area contributed by atoms with Crippen LogP contribution in [0.25, 0.3) is 0 Å². The molecule has 0 aliphatic carbocycles. The van der Waals surface area contributed by atoms with E-state index >= 15 is 0 Å². The molecule has 0 saturated heterocycles. The quantitative estimate of drug-likeness (QED) is 0.732. The summed E-state index contributed by atoms with van der Waals surface area (Å²) in [6, 6.07) is 5.59. The van der Waals surface area contributed by atoms with Gasteiger partial charge >= 0.3 is 5.97 Å². The number of carbonyl (C=O) groups excluding carboxylic acids is 2. The highest BCUT2D eigenvalue weighted by atomic mass is 16.5. The van der Waals surface area contributed by atoms with E-state index in [2.05, 4.69) is 5.32 Å². The molecule has 116 valence electrons. The highest BCUT2D eigenvalue weighted by molar-refractivity contribution is 5.80. The molecule has 1 N–H and O–H groups in total. The van der Waals surface area contributed by atoms with Gasteiger partial charge in [-0.1, -0.05) is 13.0 Å². The zero-order valence-electron chi connectivity index (χ0n) is 12.6. The first kappa shape index (κ1) is 16.8. The Hall–Kier alpha value is -2.24. The summed E-state index contributed by atoms with van der Waals surface area (Å²) in [7, 11) is 3.15. The average Bonchev–Trinajstić information content (AvgIpc) is 2.52. The Morgan fingerprint density at radius 2 is 1.86 bits per heavy atom. The molecule has 0 unspecified atom stereocenters. The first-order chi connectivity index (χ1) is 10.1. The first-order valence-electron chi connectivity index (χ1n) is 6.74. The standard InChI is InChI=1S/C15H21NO5/c1-4-15(18)21-10-14(17)16-8-7-11-5-6-12(19-2)13(9-11)20-3/h5-6,9H,4,7-8,10H2,1-3H3,(H,16,17). The largest absolute Gasteiger partial charge is 0.493 e. The number of nitrogens with one attached hydrogen (secondary N) is 1. The van der Waals surface area contributed by atoms with Crippen LogP contribution in [0.1, 0.15) is 18.9 Å². The third-order valence-electron chi connectivity index (χ3n) is 2.84. The number of methoxy groups -OCH3 is 2. The van der Waals surface area contributed by atoms with Crippen LogP contribution in [0.2, 0.25) is 0 Å². The van der Waals surface area contributed by atoms with Gasteiger partial charge in [0.1, 0.15) is 0 Å². The molecule has 21 heavy (non-hydrogen) atoms. The van der Waals surface area contributed by atoms with Gasteiger partial charge < -0.3 is 19.5 Å². The summed E-state index contributed by atoms with van der Waals surface area (Å²) in [5, 5.41) is 2.69. The normalized spacial score (nSPS) is 9.86. The predicted octanol–water partition coefficient (Wildman–Crippen LogP) is 1.32. The summed E-state index contributed by atoms with van der Waals surface area (Å²) in [4.78, 5) is 22.4. The number of amides is 1. The number of benzene rings is 1. The lowest BCUT2D eigenvalue weighted by Crippen LogP contribution is -2.30. The SMILES string of the molecule is CCC(=O)OCC(=O)NCCc1ccc(OC)c(OC)c1. The van der Waals surface area contributed by atoms with Crippen molar-refractivity contribution < 1.29 is 23.8 Å². The molecule has 1 aromatic carbocycles. The highest BCUT2D eigenvalue weighted by Gasteiger charge is 2.07. The summed E-state index contributed by atoms with van der Waals surface area (Å²) < 4.78 is 15.1. The molecule has 0 aromatic heterocycles. The maximum absolute atomic E-state index is 11.4. The molecule has 0 aliphatic rings. The molecule has 0 bridgehead atoms. The van der Waals surface area contributed by atoms with Crippen LogP contribution in [-0.4, -0.2) is 39.2 Å². The van der Waals surface area contributed by atoms with Crippen molar-refractivity contribution >= 4 is 11.9 Å². The monoisotopic (exact) mass is 295 g/mol. The lowest BCUT2D eigenvalue weighted by atomic mass is 10.1. The molecule has 0 saturated carbocycles. The van der Waals surface area contributed by atoms with Crippen molar-refractivity contribution in [3.63, 3.8) is 0 Å². The van der Waals surface area contributed by atoms with E-state index in [0.29, 0.717) is 24.5 Å².